The summed E-state index contributed by atoms with van der Waals surface area (Å²) < 4.78 is 0. The van der Waals surface area contributed by atoms with E-state index in [9.17, 15) is 0 Å². The lowest BCUT2D eigenvalue weighted by Gasteiger charge is -2.27. The molecule has 0 saturated carbocycles. The van der Waals surface area contributed by atoms with Crippen molar-refractivity contribution < 1.29 is 0 Å². The van der Waals surface area contributed by atoms with Crippen LogP contribution in [0, 0.1) is 11.8 Å². The van der Waals surface area contributed by atoms with Crippen molar-refractivity contribution in [3.05, 3.63) is 0 Å². The van der Waals surface area contributed by atoms with Crippen LogP contribution in [0.5, 0.6) is 0 Å². The molecule has 80 valence electrons. The Hall–Kier alpha value is -0.0800. The van der Waals surface area contributed by atoms with Crippen molar-refractivity contribution in [2.45, 2.75) is 40.7 Å². The second-order valence-corrected chi connectivity index (χ2v) is 4.58. The van der Waals surface area contributed by atoms with Crippen LogP contribution in [-0.4, -0.2) is 30.6 Å². The number of hydrogen-bond acceptors (Lipinski definition) is 2. The molecule has 2 N–H and O–H groups in total. The van der Waals surface area contributed by atoms with Crippen molar-refractivity contribution in [3.63, 3.8) is 0 Å². The maximum absolute atomic E-state index is 5.84. The van der Waals surface area contributed by atoms with Gasteiger partial charge in [-0.05, 0) is 25.3 Å². The van der Waals surface area contributed by atoms with E-state index in [1.165, 1.54) is 6.54 Å². The molecule has 0 aliphatic heterocycles. The summed E-state index contributed by atoms with van der Waals surface area (Å²) in [5, 5.41) is 0. The SMILES string of the molecule is CCN(CC(C)C)CC(C)C(C)N. The highest BCUT2D eigenvalue weighted by Gasteiger charge is 2.12. The van der Waals surface area contributed by atoms with Gasteiger partial charge in [-0.25, -0.2) is 0 Å². The number of nitrogens with two attached hydrogens (primary N) is 1. The molecule has 0 rings (SSSR count). The Morgan fingerprint density at radius 1 is 1.08 bits per heavy atom. The Kier molecular flexibility index (Phi) is 6.35. The highest BCUT2D eigenvalue weighted by molar-refractivity contribution is 4.69. The summed E-state index contributed by atoms with van der Waals surface area (Å²) in [6.07, 6.45) is 0. The van der Waals surface area contributed by atoms with E-state index in [-0.39, 0.29) is 0 Å². The average molecular weight is 186 g/mol. The van der Waals surface area contributed by atoms with E-state index in [2.05, 4.69) is 39.5 Å². The van der Waals surface area contributed by atoms with Crippen LogP contribution in [0.15, 0.2) is 0 Å². The summed E-state index contributed by atoms with van der Waals surface area (Å²) in [7, 11) is 0. The molecule has 0 radical (unpaired) electrons. The Labute approximate surface area is 83.5 Å². The van der Waals surface area contributed by atoms with Crippen LogP contribution >= 0.6 is 0 Å². The van der Waals surface area contributed by atoms with Crippen molar-refractivity contribution in [2.24, 2.45) is 17.6 Å². The van der Waals surface area contributed by atoms with Gasteiger partial charge in [-0.1, -0.05) is 27.7 Å². The van der Waals surface area contributed by atoms with E-state index in [4.69, 9.17) is 5.73 Å². The third kappa shape index (κ3) is 6.05. The van der Waals surface area contributed by atoms with Crippen molar-refractivity contribution >= 4 is 0 Å². The molecule has 0 fully saturated rings. The first-order chi connectivity index (χ1) is 5.97. The first kappa shape index (κ1) is 12.9. The lowest BCUT2D eigenvalue weighted by Crippen LogP contribution is -2.37. The fourth-order valence-electron chi connectivity index (χ4n) is 1.42. The van der Waals surface area contributed by atoms with E-state index >= 15 is 0 Å². The maximum Gasteiger partial charge on any atom is 0.00483 e. The van der Waals surface area contributed by atoms with Crippen molar-refractivity contribution in [1.82, 2.24) is 4.90 Å². The average Bonchev–Trinajstić information content (AvgIpc) is 2.02. The quantitative estimate of drug-likeness (QED) is 0.687. The maximum atomic E-state index is 5.84. The molecule has 2 unspecified atom stereocenters. The molecule has 0 bridgehead atoms. The zero-order valence-electron chi connectivity index (χ0n) is 9.88. The summed E-state index contributed by atoms with van der Waals surface area (Å²) in [5.41, 5.74) is 5.84. The van der Waals surface area contributed by atoms with Gasteiger partial charge >= 0.3 is 0 Å². The molecule has 2 atom stereocenters. The Morgan fingerprint density at radius 3 is 1.92 bits per heavy atom. The molecular weight excluding hydrogens is 160 g/mol. The molecule has 2 nitrogen and oxygen atoms in total. The molecule has 0 amide bonds. The molecule has 0 saturated heterocycles. The standard InChI is InChI=1S/C11H26N2/c1-6-13(7-9(2)3)8-10(4)11(5)12/h9-11H,6-8,12H2,1-5H3. The van der Waals surface area contributed by atoms with Crippen LogP contribution in [0.4, 0.5) is 0 Å². The highest BCUT2D eigenvalue weighted by Crippen LogP contribution is 2.06. The largest absolute Gasteiger partial charge is 0.328 e. The summed E-state index contributed by atoms with van der Waals surface area (Å²) >= 11 is 0. The predicted molar refractivity (Wildman–Crippen MR) is 59.8 cm³/mol. The van der Waals surface area contributed by atoms with Gasteiger partial charge in [0.15, 0.2) is 0 Å². The van der Waals surface area contributed by atoms with E-state index in [1.807, 2.05) is 0 Å². The Balaban J connectivity index is 3.83. The fraction of sp³-hybridized carbons (Fsp3) is 1.00. The first-order valence-corrected chi connectivity index (χ1v) is 5.45. The van der Waals surface area contributed by atoms with Crippen LogP contribution in [0.25, 0.3) is 0 Å². The van der Waals surface area contributed by atoms with Gasteiger partial charge < -0.3 is 10.6 Å². The zero-order valence-corrected chi connectivity index (χ0v) is 9.88. The van der Waals surface area contributed by atoms with E-state index in [1.54, 1.807) is 0 Å². The topological polar surface area (TPSA) is 29.3 Å². The third-order valence-corrected chi connectivity index (χ3v) is 2.51. The summed E-state index contributed by atoms with van der Waals surface area (Å²) in [6, 6.07) is 0.307. The third-order valence-electron chi connectivity index (χ3n) is 2.51. The molecule has 2 heteroatoms. The van der Waals surface area contributed by atoms with Crippen molar-refractivity contribution in [2.75, 3.05) is 19.6 Å². The minimum atomic E-state index is 0.307. The fourth-order valence-corrected chi connectivity index (χ4v) is 1.42. The van der Waals surface area contributed by atoms with Crippen LogP contribution in [0.1, 0.15) is 34.6 Å². The number of nitrogens with zero attached hydrogens (tertiary/aromatic N) is 1. The minimum absolute atomic E-state index is 0.307. The molecule has 0 aliphatic carbocycles. The van der Waals surface area contributed by atoms with Crippen LogP contribution in [0.2, 0.25) is 0 Å². The molecule has 0 heterocycles. The molecule has 0 aromatic rings. The van der Waals surface area contributed by atoms with Crippen molar-refractivity contribution in [1.29, 1.82) is 0 Å². The van der Waals surface area contributed by atoms with Crippen LogP contribution < -0.4 is 5.73 Å². The van der Waals surface area contributed by atoms with Crippen LogP contribution in [0.3, 0.4) is 0 Å². The first-order valence-electron chi connectivity index (χ1n) is 5.45. The molecule has 0 spiro atoms. The second-order valence-electron chi connectivity index (χ2n) is 4.58. The highest BCUT2D eigenvalue weighted by atomic mass is 15.1. The normalized spacial score (nSPS) is 16.6. The van der Waals surface area contributed by atoms with E-state index in [0.717, 1.165) is 19.0 Å². The smallest absolute Gasteiger partial charge is 0.00483 e. The zero-order chi connectivity index (χ0) is 10.4. The summed E-state index contributed by atoms with van der Waals surface area (Å²) in [4.78, 5) is 2.48. The molecule has 0 aliphatic rings. The van der Waals surface area contributed by atoms with Crippen LogP contribution in [-0.2, 0) is 0 Å². The van der Waals surface area contributed by atoms with Gasteiger partial charge in [-0.15, -0.1) is 0 Å². The Bertz CT molecular complexity index is 121. The Morgan fingerprint density at radius 2 is 1.62 bits per heavy atom. The van der Waals surface area contributed by atoms with Gasteiger partial charge in [-0.2, -0.15) is 0 Å². The minimum Gasteiger partial charge on any atom is -0.328 e. The monoisotopic (exact) mass is 186 g/mol. The second kappa shape index (κ2) is 6.39. The van der Waals surface area contributed by atoms with E-state index < -0.39 is 0 Å². The number of rotatable bonds is 6. The predicted octanol–water partition coefficient (Wildman–Crippen LogP) is 1.95. The van der Waals surface area contributed by atoms with Gasteiger partial charge in [-0.3, -0.25) is 0 Å². The van der Waals surface area contributed by atoms with Crippen molar-refractivity contribution in [3.8, 4) is 0 Å². The van der Waals surface area contributed by atoms with Gasteiger partial charge in [0.25, 0.3) is 0 Å². The van der Waals surface area contributed by atoms with E-state index in [0.29, 0.717) is 12.0 Å². The summed E-state index contributed by atoms with van der Waals surface area (Å²) in [6.45, 7) is 14.5. The van der Waals surface area contributed by atoms with Gasteiger partial charge in [0.1, 0.15) is 0 Å². The lowest BCUT2D eigenvalue weighted by atomic mass is 10.0. The number of hydrogen-bond donors (Lipinski definition) is 1. The van der Waals surface area contributed by atoms with Gasteiger partial charge in [0.05, 0.1) is 0 Å². The molecule has 0 aromatic heterocycles. The van der Waals surface area contributed by atoms with Gasteiger partial charge in [0.2, 0.25) is 0 Å². The molecule has 13 heavy (non-hydrogen) atoms. The lowest BCUT2D eigenvalue weighted by molar-refractivity contribution is 0.213. The molecular formula is C11H26N2. The van der Waals surface area contributed by atoms with Gasteiger partial charge in [0, 0.05) is 19.1 Å². The molecule has 0 aromatic carbocycles. The summed E-state index contributed by atoms with van der Waals surface area (Å²) in [5.74, 6) is 1.35.